The maximum absolute atomic E-state index is 12.6. The average Bonchev–Trinajstić information content (AvgIpc) is 3.28. The molecule has 2 aromatic carbocycles. The van der Waals surface area contributed by atoms with Gasteiger partial charge >= 0.3 is 0 Å². The van der Waals surface area contributed by atoms with Crippen LogP contribution in [0.3, 0.4) is 0 Å². The fourth-order valence-electron chi connectivity index (χ4n) is 3.32. The van der Waals surface area contributed by atoms with Crippen LogP contribution in [0.4, 0.5) is 5.69 Å². The third-order valence-electron chi connectivity index (χ3n) is 4.85. The molecule has 1 aliphatic rings. The van der Waals surface area contributed by atoms with Crippen molar-refractivity contribution in [2.24, 2.45) is 0 Å². The summed E-state index contributed by atoms with van der Waals surface area (Å²) in [6, 6.07) is 15.4. The third kappa shape index (κ3) is 3.60. The number of carbonyl (C=O) groups is 1. The standard InChI is InChI=1S/C21H20ClN3O2/c1-13(2)14-5-4-8-18(10-14)25-12-16(11-19(25)26)20-23-21(27-24-20)15-6-3-7-17(22)9-15/h3-10,13,16H,11-12H2,1-2H3. The highest BCUT2D eigenvalue weighted by atomic mass is 35.5. The second kappa shape index (κ2) is 7.16. The first-order valence-corrected chi connectivity index (χ1v) is 9.39. The van der Waals surface area contributed by atoms with E-state index in [1.807, 2.05) is 29.2 Å². The molecule has 138 valence electrons. The van der Waals surface area contributed by atoms with Crippen LogP contribution in [0.5, 0.6) is 0 Å². The molecule has 1 fully saturated rings. The van der Waals surface area contributed by atoms with Gasteiger partial charge in [0.25, 0.3) is 5.89 Å². The summed E-state index contributed by atoms with van der Waals surface area (Å²) in [5.41, 5.74) is 2.91. The van der Waals surface area contributed by atoms with Crippen LogP contribution in [-0.2, 0) is 4.79 Å². The summed E-state index contributed by atoms with van der Waals surface area (Å²) in [6.45, 7) is 4.84. The van der Waals surface area contributed by atoms with Gasteiger partial charge in [-0.15, -0.1) is 0 Å². The highest BCUT2D eigenvalue weighted by molar-refractivity contribution is 6.30. The zero-order valence-corrected chi connectivity index (χ0v) is 16.0. The van der Waals surface area contributed by atoms with Crippen molar-refractivity contribution in [3.63, 3.8) is 0 Å². The molecule has 2 heterocycles. The van der Waals surface area contributed by atoms with Crippen molar-refractivity contribution in [2.45, 2.75) is 32.1 Å². The summed E-state index contributed by atoms with van der Waals surface area (Å²) in [5.74, 6) is 1.38. The molecule has 0 aliphatic carbocycles. The number of rotatable bonds is 4. The Morgan fingerprint density at radius 1 is 1.19 bits per heavy atom. The van der Waals surface area contributed by atoms with Crippen LogP contribution in [0, 0.1) is 0 Å². The molecule has 0 saturated carbocycles. The zero-order chi connectivity index (χ0) is 19.0. The lowest BCUT2D eigenvalue weighted by Gasteiger charge is -2.18. The Morgan fingerprint density at radius 3 is 2.78 bits per heavy atom. The minimum absolute atomic E-state index is 0.0787. The van der Waals surface area contributed by atoms with Gasteiger partial charge in [-0.3, -0.25) is 4.79 Å². The predicted octanol–water partition coefficient (Wildman–Crippen LogP) is 5.03. The molecule has 0 radical (unpaired) electrons. The first kappa shape index (κ1) is 17.7. The van der Waals surface area contributed by atoms with Gasteiger partial charge in [-0.1, -0.05) is 48.8 Å². The van der Waals surface area contributed by atoms with E-state index in [2.05, 4.69) is 36.1 Å². The molecule has 1 saturated heterocycles. The van der Waals surface area contributed by atoms with Gasteiger partial charge in [0.05, 0.1) is 0 Å². The van der Waals surface area contributed by atoms with Crippen LogP contribution in [-0.4, -0.2) is 22.6 Å². The van der Waals surface area contributed by atoms with Gasteiger partial charge in [-0.25, -0.2) is 0 Å². The number of halogens is 1. The fourth-order valence-corrected chi connectivity index (χ4v) is 3.51. The first-order valence-electron chi connectivity index (χ1n) is 9.01. The number of carbonyl (C=O) groups excluding carboxylic acids is 1. The summed E-state index contributed by atoms with van der Waals surface area (Å²) in [6.07, 6.45) is 0.375. The average molecular weight is 382 g/mol. The lowest BCUT2D eigenvalue weighted by molar-refractivity contribution is -0.117. The maximum atomic E-state index is 12.6. The molecule has 4 rings (SSSR count). The van der Waals surface area contributed by atoms with Crippen LogP contribution in [0.15, 0.2) is 53.1 Å². The maximum Gasteiger partial charge on any atom is 0.257 e. The van der Waals surface area contributed by atoms with E-state index in [0.717, 1.165) is 11.3 Å². The normalized spacial score (nSPS) is 17.1. The van der Waals surface area contributed by atoms with Gasteiger partial charge in [0.2, 0.25) is 5.91 Å². The van der Waals surface area contributed by atoms with Crippen LogP contribution in [0.1, 0.15) is 43.5 Å². The van der Waals surface area contributed by atoms with E-state index in [1.165, 1.54) is 5.56 Å². The molecule has 5 nitrogen and oxygen atoms in total. The van der Waals surface area contributed by atoms with Crippen molar-refractivity contribution in [1.29, 1.82) is 0 Å². The van der Waals surface area contributed by atoms with Gasteiger partial charge in [-0.2, -0.15) is 4.98 Å². The van der Waals surface area contributed by atoms with E-state index in [1.54, 1.807) is 12.1 Å². The summed E-state index contributed by atoms with van der Waals surface area (Å²) < 4.78 is 5.40. The molecule has 1 amide bonds. The molecule has 3 aromatic rings. The molecule has 27 heavy (non-hydrogen) atoms. The number of aromatic nitrogens is 2. The fraction of sp³-hybridized carbons (Fsp3) is 0.286. The summed E-state index contributed by atoms with van der Waals surface area (Å²) >= 11 is 6.03. The Morgan fingerprint density at radius 2 is 2.00 bits per heavy atom. The number of hydrogen-bond donors (Lipinski definition) is 0. The van der Waals surface area contributed by atoms with Crippen LogP contribution in [0.25, 0.3) is 11.5 Å². The highest BCUT2D eigenvalue weighted by Crippen LogP contribution is 2.33. The van der Waals surface area contributed by atoms with Crippen molar-refractivity contribution in [3.05, 3.63) is 64.9 Å². The van der Waals surface area contributed by atoms with Gasteiger partial charge in [0.1, 0.15) is 0 Å². The summed E-state index contributed by atoms with van der Waals surface area (Å²) in [4.78, 5) is 18.9. The van der Waals surface area contributed by atoms with Crippen molar-refractivity contribution in [2.75, 3.05) is 11.4 Å². The Balaban J connectivity index is 1.55. The second-order valence-electron chi connectivity index (χ2n) is 7.12. The number of amides is 1. The van der Waals surface area contributed by atoms with E-state index in [-0.39, 0.29) is 11.8 Å². The van der Waals surface area contributed by atoms with Crippen molar-refractivity contribution in [1.82, 2.24) is 10.1 Å². The topological polar surface area (TPSA) is 59.2 Å². The van der Waals surface area contributed by atoms with Crippen molar-refractivity contribution in [3.8, 4) is 11.5 Å². The number of benzene rings is 2. The number of nitrogens with zero attached hydrogens (tertiary/aromatic N) is 3. The van der Waals surface area contributed by atoms with E-state index < -0.39 is 0 Å². The van der Waals surface area contributed by atoms with Crippen LogP contribution < -0.4 is 4.90 Å². The minimum atomic E-state index is -0.0862. The monoisotopic (exact) mass is 381 g/mol. The Bertz CT molecular complexity index is 983. The zero-order valence-electron chi connectivity index (χ0n) is 15.2. The second-order valence-corrected chi connectivity index (χ2v) is 7.56. The van der Waals surface area contributed by atoms with E-state index in [4.69, 9.17) is 16.1 Å². The van der Waals surface area contributed by atoms with Crippen molar-refractivity contribution >= 4 is 23.2 Å². The van der Waals surface area contributed by atoms with Gasteiger partial charge < -0.3 is 9.42 Å². The molecule has 1 aliphatic heterocycles. The first-order chi connectivity index (χ1) is 13.0. The van der Waals surface area contributed by atoms with Crippen LogP contribution >= 0.6 is 11.6 Å². The molecule has 0 spiro atoms. The highest BCUT2D eigenvalue weighted by Gasteiger charge is 2.34. The molecular weight excluding hydrogens is 362 g/mol. The summed E-state index contributed by atoms with van der Waals surface area (Å²) in [5, 5.41) is 4.72. The molecule has 0 N–H and O–H groups in total. The van der Waals surface area contributed by atoms with Crippen molar-refractivity contribution < 1.29 is 9.32 Å². The van der Waals surface area contributed by atoms with Gasteiger partial charge in [0.15, 0.2) is 5.82 Å². The SMILES string of the molecule is CC(C)c1cccc(N2CC(c3noc(-c4cccc(Cl)c4)n3)CC2=O)c1. The quantitative estimate of drug-likeness (QED) is 0.635. The lowest BCUT2D eigenvalue weighted by atomic mass is 10.0. The van der Waals surface area contributed by atoms with Gasteiger partial charge in [-0.05, 0) is 41.8 Å². The van der Waals surface area contributed by atoms with Crippen LogP contribution in [0.2, 0.25) is 5.02 Å². The molecule has 1 atom stereocenters. The van der Waals surface area contributed by atoms with E-state index in [0.29, 0.717) is 35.6 Å². The smallest absolute Gasteiger partial charge is 0.257 e. The number of hydrogen-bond acceptors (Lipinski definition) is 4. The molecule has 6 heteroatoms. The van der Waals surface area contributed by atoms with E-state index in [9.17, 15) is 4.79 Å². The molecule has 1 unspecified atom stereocenters. The Kier molecular flexibility index (Phi) is 4.70. The lowest BCUT2D eigenvalue weighted by Crippen LogP contribution is -2.24. The largest absolute Gasteiger partial charge is 0.334 e. The minimum Gasteiger partial charge on any atom is -0.334 e. The number of anilines is 1. The Hall–Kier alpha value is -2.66. The summed E-state index contributed by atoms with van der Waals surface area (Å²) in [7, 11) is 0. The predicted molar refractivity (Wildman–Crippen MR) is 105 cm³/mol. The Labute approximate surface area is 163 Å². The molecule has 1 aromatic heterocycles. The molecular formula is C21H20ClN3O2. The molecule has 0 bridgehead atoms. The third-order valence-corrected chi connectivity index (χ3v) is 5.09. The van der Waals surface area contributed by atoms with Gasteiger partial charge in [0, 0.05) is 35.2 Å². The van der Waals surface area contributed by atoms with E-state index >= 15 is 0 Å².